The fourth-order valence-corrected chi connectivity index (χ4v) is 2.22. The summed E-state index contributed by atoms with van der Waals surface area (Å²) in [5, 5.41) is 5.83. The first-order valence-electron chi connectivity index (χ1n) is 6.98. The fraction of sp³-hybridized carbons (Fsp3) is 0.235. The first-order valence-corrected chi connectivity index (χ1v) is 6.98. The van der Waals surface area contributed by atoms with E-state index >= 15 is 0 Å². The molecule has 110 valence electrons. The molecule has 0 radical (unpaired) electrons. The maximum absolute atomic E-state index is 13.1. The topological polar surface area (TPSA) is 41.1 Å². The number of benzene rings is 2. The zero-order valence-electron chi connectivity index (χ0n) is 12.2. The van der Waals surface area contributed by atoms with Crippen molar-refractivity contribution in [3.05, 3.63) is 59.4 Å². The van der Waals surface area contributed by atoms with E-state index in [1.165, 1.54) is 17.7 Å². The van der Waals surface area contributed by atoms with Gasteiger partial charge in [-0.25, -0.2) is 4.39 Å². The fourth-order valence-electron chi connectivity index (χ4n) is 2.22. The van der Waals surface area contributed by atoms with Gasteiger partial charge in [0.25, 0.3) is 0 Å². The Bertz CT molecular complexity index is 640. The molecular formula is C17H19FN2O. The van der Waals surface area contributed by atoms with Gasteiger partial charge in [-0.3, -0.25) is 4.79 Å². The Morgan fingerprint density at radius 1 is 1.19 bits per heavy atom. The SMILES string of the molecule is CCc1cccc(C)c1NCC(=O)Nc1cccc(F)c1. The maximum atomic E-state index is 13.1. The van der Waals surface area contributed by atoms with Gasteiger partial charge in [-0.2, -0.15) is 0 Å². The third kappa shape index (κ3) is 4.05. The molecule has 0 bridgehead atoms. The van der Waals surface area contributed by atoms with E-state index in [0.717, 1.165) is 17.7 Å². The van der Waals surface area contributed by atoms with E-state index < -0.39 is 0 Å². The predicted molar refractivity (Wildman–Crippen MR) is 84.1 cm³/mol. The molecule has 0 spiro atoms. The molecule has 0 saturated carbocycles. The molecule has 0 atom stereocenters. The predicted octanol–water partition coefficient (Wildman–Crippen LogP) is 3.75. The van der Waals surface area contributed by atoms with E-state index in [1.807, 2.05) is 25.1 Å². The molecule has 2 aromatic carbocycles. The molecule has 4 heteroatoms. The van der Waals surface area contributed by atoms with Crippen LogP contribution < -0.4 is 10.6 Å². The molecule has 0 aliphatic carbocycles. The monoisotopic (exact) mass is 286 g/mol. The van der Waals surface area contributed by atoms with E-state index in [2.05, 4.69) is 17.6 Å². The summed E-state index contributed by atoms with van der Waals surface area (Å²) in [5.74, 6) is -0.571. The van der Waals surface area contributed by atoms with Crippen LogP contribution in [0.15, 0.2) is 42.5 Å². The molecule has 0 fully saturated rings. The normalized spacial score (nSPS) is 10.2. The van der Waals surface area contributed by atoms with Gasteiger partial charge in [-0.05, 0) is 42.7 Å². The lowest BCUT2D eigenvalue weighted by Gasteiger charge is -2.14. The second kappa shape index (κ2) is 6.88. The van der Waals surface area contributed by atoms with Crippen molar-refractivity contribution < 1.29 is 9.18 Å². The number of carbonyl (C=O) groups excluding carboxylic acids is 1. The number of anilines is 2. The Morgan fingerprint density at radius 3 is 2.67 bits per heavy atom. The lowest BCUT2D eigenvalue weighted by atomic mass is 10.1. The van der Waals surface area contributed by atoms with Crippen LogP contribution in [0.5, 0.6) is 0 Å². The van der Waals surface area contributed by atoms with E-state index in [-0.39, 0.29) is 18.3 Å². The van der Waals surface area contributed by atoms with Gasteiger partial charge in [0.15, 0.2) is 0 Å². The molecule has 1 amide bonds. The van der Waals surface area contributed by atoms with Crippen LogP contribution in [0, 0.1) is 12.7 Å². The van der Waals surface area contributed by atoms with Crippen molar-refractivity contribution in [2.75, 3.05) is 17.2 Å². The minimum Gasteiger partial charge on any atom is -0.376 e. The number of hydrogen-bond acceptors (Lipinski definition) is 2. The van der Waals surface area contributed by atoms with Crippen LogP contribution in [0.25, 0.3) is 0 Å². The van der Waals surface area contributed by atoms with Crippen molar-refractivity contribution in [1.29, 1.82) is 0 Å². The van der Waals surface area contributed by atoms with E-state index in [1.54, 1.807) is 12.1 Å². The van der Waals surface area contributed by atoms with Crippen LogP contribution in [-0.4, -0.2) is 12.5 Å². The minimum atomic E-state index is -0.368. The average molecular weight is 286 g/mol. The number of para-hydroxylation sites is 1. The Hall–Kier alpha value is -2.36. The first kappa shape index (κ1) is 15.0. The van der Waals surface area contributed by atoms with E-state index in [9.17, 15) is 9.18 Å². The van der Waals surface area contributed by atoms with Crippen LogP contribution >= 0.6 is 0 Å². The van der Waals surface area contributed by atoms with Gasteiger partial charge in [0.2, 0.25) is 5.91 Å². The molecule has 0 unspecified atom stereocenters. The smallest absolute Gasteiger partial charge is 0.243 e. The standard InChI is InChI=1S/C17H19FN2O/c1-3-13-7-4-6-12(2)17(13)19-11-16(21)20-15-9-5-8-14(18)10-15/h4-10,19H,3,11H2,1-2H3,(H,20,21). The van der Waals surface area contributed by atoms with Crippen molar-refractivity contribution in [3.8, 4) is 0 Å². The van der Waals surface area contributed by atoms with Gasteiger partial charge in [0, 0.05) is 11.4 Å². The number of halogens is 1. The Morgan fingerprint density at radius 2 is 1.95 bits per heavy atom. The van der Waals surface area contributed by atoms with E-state index in [4.69, 9.17) is 0 Å². The Kier molecular flexibility index (Phi) is 4.93. The van der Waals surface area contributed by atoms with Gasteiger partial charge in [0.1, 0.15) is 5.82 Å². The lowest BCUT2D eigenvalue weighted by molar-refractivity contribution is -0.114. The van der Waals surface area contributed by atoms with Gasteiger partial charge in [0.05, 0.1) is 6.54 Å². The highest BCUT2D eigenvalue weighted by atomic mass is 19.1. The summed E-state index contributed by atoms with van der Waals surface area (Å²) in [4.78, 5) is 11.9. The second-order valence-electron chi connectivity index (χ2n) is 4.87. The quantitative estimate of drug-likeness (QED) is 0.879. The molecule has 3 nitrogen and oxygen atoms in total. The molecule has 0 aromatic heterocycles. The van der Waals surface area contributed by atoms with Crippen LogP contribution in [0.1, 0.15) is 18.1 Å². The number of amides is 1. The summed E-state index contributed by atoms with van der Waals surface area (Å²) in [6, 6.07) is 11.9. The van der Waals surface area contributed by atoms with Crippen molar-refractivity contribution in [3.63, 3.8) is 0 Å². The highest BCUT2D eigenvalue weighted by molar-refractivity contribution is 5.93. The van der Waals surface area contributed by atoms with E-state index in [0.29, 0.717) is 5.69 Å². The summed E-state index contributed by atoms with van der Waals surface area (Å²) >= 11 is 0. The first-order chi connectivity index (χ1) is 10.1. The van der Waals surface area contributed by atoms with Crippen molar-refractivity contribution >= 4 is 17.3 Å². The van der Waals surface area contributed by atoms with Crippen molar-refractivity contribution in [2.45, 2.75) is 20.3 Å². The largest absolute Gasteiger partial charge is 0.376 e. The molecule has 0 aliphatic heterocycles. The van der Waals surface area contributed by atoms with Crippen LogP contribution in [0.3, 0.4) is 0 Å². The van der Waals surface area contributed by atoms with Crippen LogP contribution in [0.2, 0.25) is 0 Å². The molecule has 2 aromatic rings. The highest BCUT2D eigenvalue weighted by Crippen LogP contribution is 2.20. The number of aryl methyl sites for hydroxylation is 2. The number of carbonyl (C=O) groups is 1. The van der Waals surface area contributed by atoms with Crippen molar-refractivity contribution in [2.24, 2.45) is 0 Å². The van der Waals surface area contributed by atoms with Gasteiger partial charge < -0.3 is 10.6 Å². The number of nitrogens with one attached hydrogen (secondary N) is 2. The molecule has 2 rings (SSSR count). The van der Waals surface area contributed by atoms with Gasteiger partial charge in [-0.15, -0.1) is 0 Å². The molecule has 0 saturated heterocycles. The average Bonchev–Trinajstić information content (AvgIpc) is 2.45. The molecule has 0 heterocycles. The molecule has 2 N–H and O–H groups in total. The molecule has 0 aliphatic rings. The maximum Gasteiger partial charge on any atom is 0.243 e. The zero-order chi connectivity index (χ0) is 15.2. The summed E-state index contributed by atoms with van der Waals surface area (Å²) in [7, 11) is 0. The van der Waals surface area contributed by atoms with Crippen molar-refractivity contribution in [1.82, 2.24) is 0 Å². The lowest BCUT2D eigenvalue weighted by Crippen LogP contribution is -2.22. The third-order valence-electron chi connectivity index (χ3n) is 3.27. The zero-order valence-corrected chi connectivity index (χ0v) is 12.2. The summed E-state index contributed by atoms with van der Waals surface area (Å²) in [6.07, 6.45) is 0.898. The highest BCUT2D eigenvalue weighted by Gasteiger charge is 2.07. The minimum absolute atomic E-state index is 0.147. The van der Waals surface area contributed by atoms with Crippen LogP contribution in [0.4, 0.5) is 15.8 Å². The van der Waals surface area contributed by atoms with Gasteiger partial charge in [-0.1, -0.05) is 31.2 Å². The summed E-state index contributed by atoms with van der Waals surface area (Å²) in [6.45, 7) is 4.23. The number of hydrogen-bond donors (Lipinski definition) is 2. The summed E-state index contributed by atoms with van der Waals surface area (Å²) in [5.41, 5.74) is 3.73. The third-order valence-corrected chi connectivity index (χ3v) is 3.27. The second-order valence-corrected chi connectivity index (χ2v) is 4.87. The molecular weight excluding hydrogens is 267 g/mol. The number of rotatable bonds is 5. The van der Waals surface area contributed by atoms with Crippen LogP contribution in [-0.2, 0) is 11.2 Å². The Balaban J connectivity index is 1.99. The summed E-state index contributed by atoms with van der Waals surface area (Å²) < 4.78 is 13.1. The van der Waals surface area contributed by atoms with Gasteiger partial charge >= 0.3 is 0 Å². The molecule has 21 heavy (non-hydrogen) atoms. The Labute approximate surface area is 124 Å².